The van der Waals surface area contributed by atoms with Crippen LogP contribution < -0.4 is 5.73 Å². The average molecular weight is 315 g/mol. The van der Waals surface area contributed by atoms with Crippen LogP contribution in [0.25, 0.3) is 10.2 Å². The molecule has 21 heavy (non-hydrogen) atoms. The first-order valence-electron chi connectivity index (χ1n) is 5.88. The Morgan fingerprint density at radius 2 is 2.19 bits per heavy atom. The van der Waals surface area contributed by atoms with E-state index in [0.717, 1.165) is 17.4 Å². The van der Waals surface area contributed by atoms with Crippen LogP contribution in [0.2, 0.25) is 0 Å². The quantitative estimate of drug-likeness (QED) is 0.885. The lowest BCUT2D eigenvalue weighted by Gasteiger charge is -2.13. The van der Waals surface area contributed by atoms with E-state index in [0.29, 0.717) is 11.9 Å². The minimum absolute atomic E-state index is 0.0951. The number of nitrogens with two attached hydrogens (primary N) is 1. The molecule has 2 N–H and O–H groups in total. The van der Waals surface area contributed by atoms with Gasteiger partial charge in [-0.15, -0.1) is 17.9 Å². The summed E-state index contributed by atoms with van der Waals surface area (Å²) in [6.45, 7) is 3.83. The molecule has 0 aliphatic carbocycles. The second-order valence-electron chi connectivity index (χ2n) is 4.37. The summed E-state index contributed by atoms with van der Waals surface area (Å²) in [7, 11) is 1.56. The van der Waals surface area contributed by atoms with Crippen molar-refractivity contribution in [3.63, 3.8) is 0 Å². The van der Waals surface area contributed by atoms with Gasteiger partial charge < -0.3 is 10.6 Å². The first-order valence-corrected chi connectivity index (χ1v) is 6.70. The van der Waals surface area contributed by atoms with Gasteiger partial charge in [-0.2, -0.15) is 13.2 Å². The van der Waals surface area contributed by atoms with E-state index < -0.39 is 11.9 Å². The van der Waals surface area contributed by atoms with Crippen molar-refractivity contribution in [3.8, 4) is 0 Å². The van der Waals surface area contributed by atoms with E-state index in [4.69, 9.17) is 5.73 Å². The van der Waals surface area contributed by atoms with Gasteiger partial charge in [0.05, 0.1) is 5.69 Å². The third-order valence-electron chi connectivity index (χ3n) is 2.83. The van der Waals surface area contributed by atoms with Crippen molar-refractivity contribution in [2.75, 3.05) is 19.3 Å². The van der Waals surface area contributed by atoms with E-state index in [2.05, 4.69) is 11.6 Å². The molecular formula is C13H12F3N3OS. The SMILES string of the molecule is C=CCN(C)C(=O)c1sc2nc(C(F)(F)F)ccc2c1N. The lowest BCUT2D eigenvalue weighted by Crippen LogP contribution is -2.26. The number of nitrogen functional groups attached to an aromatic ring is 1. The molecule has 0 fully saturated rings. The van der Waals surface area contributed by atoms with Crippen LogP contribution in [0.5, 0.6) is 0 Å². The predicted octanol–water partition coefficient (Wildman–Crippen LogP) is 3.16. The number of pyridine rings is 1. The van der Waals surface area contributed by atoms with Crippen molar-refractivity contribution in [1.82, 2.24) is 9.88 Å². The Labute approximate surface area is 122 Å². The van der Waals surface area contributed by atoms with Gasteiger partial charge in [-0.3, -0.25) is 4.79 Å². The monoisotopic (exact) mass is 315 g/mol. The van der Waals surface area contributed by atoms with Crippen molar-refractivity contribution in [3.05, 3.63) is 35.4 Å². The standard InChI is InChI=1S/C13H12F3N3OS/c1-3-6-19(2)12(20)10-9(17)7-4-5-8(13(14,15)16)18-11(7)21-10/h3-5H,1,6,17H2,2H3. The summed E-state index contributed by atoms with van der Waals surface area (Å²) in [6, 6.07) is 2.09. The summed E-state index contributed by atoms with van der Waals surface area (Å²) in [5, 5.41) is 0.350. The molecule has 112 valence electrons. The van der Waals surface area contributed by atoms with Crippen molar-refractivity contribution >= 4 is 33.1 Å². The van der Waals surface area contributed by atoms with E-state index in [9.17, 15) is 18.0 Å². The van der Waals surface area contributed by atoms with Gasteiger partial charge in [-0.25, -0.2) is 4.98 Å². The second kappa shape index (κ2) is 5.36. The molecule has 0 aromatic carbocycles. The summed E-state index contributed by atoms with van der Waals surface area (Å²) in [4.78, 5) is 17.4. The maximum absolute atomic E-state index is 12.6. The summed E-state index contributed by atoms with van der Waals surface area (Å²) in [5.41, 5.74) is 4.99. The predicted molar refractivity (Wildman–Crippen MR) is 76.2 cm³/mol. The molecule has 2 aromatic rings. The third-order valence-corrected chi connectivity index (χ3v) is 3.93. The number of amides is 1. The smallest absolute Gasteiger partial charge is 0.397 e. The number of hydrogen-bond donors (Lipinski definition) is 1. The molecule has 2 heterocycles. The molecule has 0 radical (unpaired) electrons. The van der Waals surface area contributed by atoms with Crippen LogP contribution >= 0.6 is 11.3 Å². The minimum atomic E-state index is -4.53. The highest BCUT2D eigenvalue weighted by atomic mass is 32.1. The molecule has 2 rings (SSSR count). The Morgan fingerprint density at radius 1 is 1.52 bits per heavy atom. The summed E-state index contributed by atoms with van der Waals surface area (Å²) in [5.74, 6) is -0.371. The van der Waals surface area contributed by atoms with Gasteiger partial charge >= 0.3 is 6.18 Å². The number of thiophene rings is 1. The summed E-state index contributed by atoms with van der Waals surface area (Å²) in [6.07, 6.45) is -2.99. The topological polar surface area (TPSA) is 59.2 Å². The lowest BCUT2D eigenvalue weighted by molar-refractivity contribution is -0.140. The number of rotatable bonds is 3. The van der Waals surface area contributed by atoms with Crippen LogP contribution in [0.15, 0.2) is 24.8 Å². The molecule has 0 saturated carbocycles. The third kappa shape index (κ3) is 2.85. The maximum atomic E-state index is 12.6. The average Bonchev–Trinajstić information content (AvgIpc) is 2.74. The number of aromatic nitrogens is 1. The fraction of sp³-hybridized carbons (Fsp3) is 0.231. The maximum Gasteiger partial charge on any atom is 0.433 e. The highest BCUT2D eigenvalue weighted by Crippen LogP contribution is 2.36. The molecule has 2 aromatic heterocycles. The van der Waals surface area contributed by atoms with Gasteiger partial charge in [0.15, 0.2) is 0 Å². The van der Waals surface area contributed by atoms with E-state index >= 15 is 0 Å². The number of likely N-dealkylation sites (N-methyl/N-ethyl adjacent to an activating group) is 1. The molecule has 4 nitrogen and oxygen atoms in total. The zero-order valence-corrected chi connectivity index (χ0v) is 11.9. The molecule has 0 bridgehead atoms. The molecule has 1 amide bonds. The number of hydrogen-bond acceptors (Lipinski definition) is 4. The van der Waals surface area contributed by atoms with Crippen molar-refractivity contribution in [2.45, 2.75) is 6.18 Å². The Kier molecular flexibility index (Phi) is 3.91. The molecule has 0 aliphatic rings. The lowest BCUT2D eigenvalue weighted by atomic mass is 10.2. The Morgan fingerprint density at radius 3 is 2.76 bits per heavy atom. The normalized spacial score (nSPS) is 11.6. The van der Waals surface area contributed by atoms with Crippen LogP contribution in [0.3, 0.4) is 0 Å². The molecule has 0 unspecified atom stereocenters. The van der Waals surface area contributed by atoms with Gasteiger partial charge in [0.1, 0.15) is 15.4 Å². The van der Waals surface area contributed by atoms with E-state index in [-0.39, 0.29) is 21.3 Å². The van der Waals surface area contributed by atoms with Crippen LogP contribution in [-0.2, 0) is 6.18 Å². The number of fused-ring (bicyclic) bond motifs is 1. The van der Waals surface area contributed by atoms with Gasteiger partial charge in [0.2, 0.25) is 0 Å². The second-order valence-corrected chi connectivity index (χ2v) is 5.37. The van der Waals surface area contributed by atoms with E-state index in [1.54, 1.807) is 13.1 Å². The number of alkyl halides is 3. The van der Waals surface area contributed by atoms with Crippen LogP contribution in [0.1, 0.15) is 15.4 Å². The Balaban J connectivity index is 2.50. The zero-order valence-electron chi connectivity index (χ0n) is 11.1. The highest BCUT2D eigenvalue weighted by molar-refractivity contribution is 7.21. The molecule has 0 atom stereocenters. The van der Waals surface area contributed by atoms with Gasteiger partial charge in [0, 0.05) is 19.0 Å². The number of anilines is 1. The fourth-order valence-corrected chi connectivity index (χ4v) is 2.85. The van der Waals surface area contributed by atoms with E-state index in [1.807, 2.05) is 0 Å². The number of carbonyl (C=O) groups is 1. The highest BCUT2D eigenvalue weighted by Gasteiger charge is 2.33. The van der Waals surface area contributed by atoms with Crippen LogP contribution in [-0.4, -0.2) is 29.4 Å². The number of carbonyl (C=O) groups excluding carboxylic acids is 1. The molecule has 0 spiro atoms. The van der Waals surface area contributed by atoms with Crippen molar-refractivity contribution in [1.29, 1.82) is 0 Å². The molecule has 0 saturated heterocycles. The Bertz CT molecular complexity index is 708. The zero-order chi connectivity index (χ0) is 15.8. The van der Waals surface area contributed by atoms with E-state index in [1.165, 1.54) is 11.0 Å². The molecule has 0 aliphatic heterocycles. The van der Waals surface area contributed by atoms with Crippen LogP contribution in [0.4, 0.5) is 18.9 Å². The number of halogens is 3. The summed E-state index contributed by atoms with van der Waals surface area (Å²) >= 11 is 0.855. The van der Waals surface area contributed by atoms with Gasteiger partial charge in [-0.1, -0.05) is 6.08 Å². The first-order chi connectivity index (χ1) is 9.75. The van der Waals surface area contributed by atoms with Gasteiger partial charge in [0.25, 0.3) is 5.91 Å². The largest absolute Gasteiger partial charge is 0.433 e. The van der Waals surface area contributed by atoms with Crippen molar-refractivity contribution in [2.24, 2.45) is 0 Å². The number of nitrogens with zero attached hydrogens (tertiary/aromatic N) is 2. The van der Waals surface area contributed by atoms with Gasteiger partial charge in [-0.05, 0) is 12.1 Å². The first kappa shape index (κ1) is 15.3. The van der Waals surface area contributed by atoms with Crippen LogP contribution in [0, 0.1) is 0 Å². The minimum Gasteiger partial charge on any atom is -0.397 e. The fourth-order valence-electron chi connectivity index (χ4n) is 1.76. The summed E-state index contributed by atoms with van der Waals surface area (Å²) < 4.78 is 37.9. The molecular weight excluding hydrogens is 303 g/mol. The van der Waals surface area contributed by atoms with Crippen molar-refractivity contribution < 1.29 is 18.0 Å². The molecule has 8 heteroatoms. The Hall–Kier alpha value is -2.09.